The first-order valence-corrected chi connectivity index (χ1v) is 9.05. The molecule has 130 valence electrons. The van der Waals surface area contributed by atoms with Crippen LogP contribution < -0.4 is 5.32 Å². The lowest BCUT2D eigenvalue weighted by atomic mass is 9.99. The fourth-order valence-corrected chi connectivity index (χ4v) is 2.52. The minimum atomic E-state index is -0.935. The van der Waals surface area contributed by atoms with Crippen molar-refractivity contribution in [1.29, 1.82) is 0 Å². The van der Waals surface area contributed by atoms with Crippen LogP contribution in [0.3, 0.4) is 0 Å². The molecule has 0 aliphatic carbocycles. The number of nitrogens with one attached hydrogen (secondary N) is 1. The van der Waals surface area contributed by atoms with Crippen LogP contribution in [0.1, 0.15) is 91.4 Å². The monoisotopic (exact) mass is 313 g/mol. The van der Waals surface area contributed by atoms with Crippen molar-refractivity contribution in [2.24, 2.45) is 5.92 Å². The largest absolute Gasteiger partial charge is 0.480 e. The molecule has 0 radical (unpaired) electrons. The first kappa shape index (κ1) is 20.9. The average Bonchev–Trinajstić information content (AvgIpc) is 2.50. The average molecular weight is 313 g/mol. The summed E-state index contributed by atoms with van der Waals surface area (Å²) in [7, 11) is 0. The van der Waals surface area contributed by atoms with Gasteiger partial charge in [-0.05, 0) is 12.3 Å². The second-order valence-corrected chi connectivity index (χ2v) is 6.35. The molecule has 0 aromatic rings. The van der Waals surface area contributed by atoms with Gasteiger partial charge in [0.05, 0.1) is 0 Å². The third-order valence-corrected chi connectivity index (χ3v) is 4.30. The Morgan fingerprint density at radius 2 is 1.41 bits per heavy atom. The van der Waals surface area contributed by atoms with Gasteiger partial charge in [-0.3, -0.25) is 4.79 Å². The Labute approximate surface area is 136 Å². The quantitative estimate of drug-likeness (QED) is 0.463. The Morgan fingerprint density at radius 3 is 1.86 bits per heavy atom. The molecule has 0 bridgehead atoms. The Kier molecular flexibility index (Phi) is 12.9. The predicted molar refractivity (Wildman–Crippen MR) is 90.9 cm³/mol. The molecule has 0 fully saturated rings. The number of hydrogen-bond donors (Lipinski definition) is 2. The third kappa shape index (κ3) is 10.6. The summed E-state index contributed by atoms with van der Waals surface area (Å²) in [5, 5.41) is 11.8. The molecular weight excluding hydrogens is 278 g/mol. The number of unbranched alkanes of at least 4 members (excludes halogenated alkanes) is 8. The van der Waals surface area contributed by atoms with Crippen LogP contribution in [0.15, 0.2) is 0 Å². The molecule has 0 aromatic carbocycles. The van der Waals surface area contributed by atoms with Crippen molar-refractivity contribution in [3.8, 4) is 0 Å². The van der Waals surface area contributed by atoms with E-state index in [-0.39, 0.29) is 11.8 Å². The Bertz CT molecular complexity index is 305. The second-order valence-electron chi connectivity index (χ2n) is 6.35. The van der Waals surface area contributed by atoms with E-state index in [0.29, 0.717) is 6.42 Å². The van der Waals surface area contributed by atoms with Gasteiger partial charge in [-0.25, -0.2) is 4.79 Å². The number of hydrogen-bond acceptors (Lipinski definition) is 2. The normalized spacial score (nSPS) is 13.6. The number of carbonyl (C=O) groups excluding carboxylic acids is 1. The molecule has 4 heteroatoms. The van der Waals surface area contributed by atoms with Gasteiger partial charge in [-0.15, -0.1) is 0 Å². The lowest BCUT2D eigenvalue weighted by Gasteiger charge is -2.20. The van der Waals surface area contributed by atoms with Crippen LogP contribution in [-0.4, -0.2) is 23.0 Å². The summed E-state index contributed by atoms with van der Waals surface area (Å²) in [6.07, 6.45) is 12.1. The molecular formula is C18H35NO3. The highest BCUT2D eigenvalue weighted by molar-refractivity contribution is 5.83. The van der Waals surface area contributed by atoms with E-state index >= 15 is 0 Å². The minimum absolute atomic E-state index is 0.0374. The lowest BCUT2D eigenvalue weighted by Crippen LogP contribution is -2.44. The lowest BCUT2D eigenvalue weighted by molar-refractivity contribution is -0.143. The summed E-state index contributed by atoms with van der Waals surface area (Å²) in [6, 6.07) is -0.754. The Hall–Kier alpha value is -1.06. The highest BCUT2D eigenvalue weighted by atomic mass is 16.4. The molecule has 0 aromatic heterocycles. The first-order chi connectivity index (χ1) is 10.5. The third-order valence-electron chi connectivity index (χ3n) is 4.30. The first-order valence-electron chi connectivity index (χ1n) is 9.05. The fraction of sp³-hybridized carbons (Fsp3) is 0.889. The van der Waals surface area contributed by atoms with E-state index in [1.165, 1.54) is 44.9 Å². The minimum Gasteiger partial charge on any atom is -0.480 e. The van der Waals surface area contributed by atoms with Crippen molar-refractivity contribution in [2.75, 3.05) is 0 Å². The molecule has 4 nitrogen and oxygen atoms in total. The molecule has 0 heterocycles. The number of carboxylic acids is 1. The van der Waals surface area contributed by atoms with E-state index < -0.39 is 12.0 Å². The van der Waals surface area contributed by atoms with E-state index in [1.54, 1.807) is 0 Å². The zero-order chi connectivity index (χ0) is 16.8. The SMILES string of the molecule is CCCCCCCCCCCC(=O)N[C@@H](C(=O)O)C(C)CC. The molecule has 2 atom stereocenters. The number of rotatable bonds is 14. The summed E-state index contributed by atoms with van der Waals surface area (Å²) in [4.78, 5) is 23.0. The molecule has 0 spiro atoms. The van der Waals surface area contributed by atoms with E-state index in [1.807, 2.05) is 13.8 Å². The van der Waals surface area contributed by atoms with Gasteiger partial charge < -0.3 is 10.4 Å². The molecule has 0 saturated carbocycles. The van der Waals surface area contributed by atoms with Crippen molar-refractivity contribution in [3.63, 3.8) is 0 Å². The summed E-state index contributed by atoms with van der Waals surface area (Å²) in [5.41, 5.74) is 0. The second kappa shape index (κ2) is 13.6. The topological polar surface area (TPSA) is 66.4 Å². The van der Waals surface area contributed by atoms with Crippen molar-refractivity contribution in [1.82, 2.24) is 5.32 Å². The van der Waals surface area contributed by atoms with Crippen LogP contribution in [0, 0.1) is 5.92 Å². The van der Waals surface area contributed by atoms with Crippen LogP contribution in [0.5, 0.6) is 0 Å². The van der Waals surface area contributed by atoms with Crippen molar-refractivity contribution in [2.45, 2.75) is 97.4 Å². The molecule has 0 aliphatic heterocycles. The van der Waals surface area contributed by atoms with Gasteiger partial charge in [-0.2, -0.15) is 0 Å². The maximum absolute atomic E-state index is 11.8. The van der Waals surface area contributed by atoms with E-state index in [2.05, 4.69) is 12.2 Å². The summed E-state index contributed by atoms with van der Waals surface area (Å²) < 4.78 is 0. The molecule has 0 rings (SSSR count). The molecule has 0 aliphatic rings. The highest BCUT2D eigenvalue weighted by Gasteiger charge is 2.24. The number of carbonyl (C=O) groups is 2. The standard InChI is InChI=1S/C18H35NO3/c1-4-6-7-8-9-10-11-12-13-14-16(20)19-17(18(21)22)15(3)5-2/h15,17H,4-14H2,1-3H3,(H,19,20)(H,21,22)/t15?,17-/m1/s1. The smallest absolute Gasteiger partial charge is 0.326 e. The Morgan fingerprint density at radius 1 is 0.909 bits per heavy atom. The van der Waals surface area contributed by atoms with Gasteiger partial charge in [0.1, 0.15) is 6.04 Å². The maximum Gasteiger partial charge on any atom is 0.326 e. The van der Waals surface area contributed by atoms with Crippen LogP contribution in [0.25, 0.3) is 0 Å². The van der Waals surface area contributed by atoms with Gasteiger partial charge in [0.15, 0.2) is 0 Å². The van der Waals surface area contributed by atoms with Gasteiger partial charge in [0, 0.05) is 6.42 Å². The fourth-order valence-electron chi connectivity index (χ4n) is 2.52. The molecule has 1 unspecified atom stereocenters. The zero-order valence-electron chi connectivity index (χ0n) is 14.7. The van der Waals surface area contributed by atoms with Crippen LogP contribution >= 0.6 is 0 Å². The molecule has 22 heavy (non-hydrogen) atoms. The Balaban J connectivity index is 3.66. The number of aliphatic carboxylic acids is 1. The summed E-state index contributed by atoms with van der Waals surface area (Å²) in [6.45, 7) is 6.02. The van der Waals surface area contributed by atoms with Gasteiger partial charge in [0.2, 0.25) is 5.91 Å². The van der Waals surface area contributed by atoms with Gasteiger partial charge in [0.25, 0.3) is 0 Å². The van der Waals surface area contributed by atoms with Crippen molar-refractivity contribution >= 4 is 11.9 Å². The summed E-state index contributed by atoms with van der Waals surface area (Å²) in [5.74, 6) is -1.10. The van der Waals surface area contributed by atoms with Crippen LogP contribution in [0.2, 0.25) is 0 Å². The summed E-state index contributed by atoms with van der Waals surface area (Å²) >= 11 is 0. The molecule has 1 amide bonds. The predicted octanol–water partition coefficient (Wildman–Crippen LogP) is 4.52. The van der Waals surface area contributed by atoms with Gasteiger partial charge >= 0.3 is 5.97 Å². The molecule has 0 saturated heterocycles. The van der Waals surface area contributed by atoms with E-state index in [0.717, 1.165) is 19.3 Å². The van der Waals surface area contributed by atoms with Crippen LogP contribution in [-0.2, 0) is 9.59 Å². The van der Waals surface area contributed by atoms with Crippen molar-refractivity contribution < 1.29 is 14.7 Å². The number of carboxylic acid groups (broad SMARTS) is 1. The van der Waals surface area contributed by atoms with Gasteiger partial charge in [-0.1, -0.05) is 78.6 Å². The van der Waals surface area contributed by atoms with Crippen molar-refractivity contribution in [3.05, 3.63) is 0 Å². The number of amides is 1. The van der Waals surface area contributed by atoms with Crippen LogP contribution in [0.4, 0.5) is 0 Å². The maximum atomic E-state index is 11.8. The zero-order valence-corrected chi connectivity index (χ0v) is 14.7. The van der Waals surface area contributed by atoms with E-state index in [9.17, 15) is 9.59 Å². The van der Waals surface area contributed by atoms with E-state index in [4.69, 9.17) is 5.11 Å². The molecule has 2 N–H and O–H groups in total. The highest BCUT2D eigenvalue weighted by Crippen LogP contribution is 2.11.